The summed E-state index contributed by atoms with van der Waals surface area (Å²) < 4.78 is 5.95. The van der Waals surface area contributed by atoms with Crippen molar-refractivity contribution in [2.75, 3.05) is 13.1 Å². The molecule has 6 nitrogen and oxygen atoms in total. The molecule has 2 heterocycles. The van der Waals surface area contributed by atoms with Crippen LogP contribution in [-0.2, 0) is 11.2 Å². The molecular formula is C20H22ClN3O3. The van der Waals surface area contributed by atoms with Crippen LogP contribution in [0.15, 0.2) is 42.6 Å². The number of halogens is 1. The third-order valence-corrected chi connectivity index (χ3v) is 4.77. The van der Waals surface area contributed by atoms with Gasteiger partial charge < -0.3 is 15.4 Å². The SMILES string of the molecule is NC(=O)c1cc(OC2CCCN(C(=O)CCc3cccc(Cl)c3)C2)ccn1. The Morgan fingerprint density at radius 2 is 2.15 bits per heavy atom. The lowest BCUT2D eigenvalue weighted by Crippen LogP contribution is -2.44. The highest BCUT2D eigenvalue weighted by Gasteiger charge is 2.25. The van der Waals surface area contributed by atoms with Crippen LogP contribution in [-0.4, -0.2) is 40.9 Å². The predicted octanol–water partition coefficient (Wildman–Crippen LogP) is 2.84. The fourth-order valence-corrected chi connectivity index (χ4v) is 3.39. The van der Waals surface area contributed by atoms with Gasteiger partial charge in [-0.05, 0) is 43.0 Å². The Balaban J connectivity index is 1.54. The van der Waals surface area contributed by atoms with Crippen molar-refractivity contribution in [3.8, 4) is 5.75 Å². The van der Waals surface area contributed by atoms with Crippen molar-refractivity contribution < 1.29 is 14.3 Å². The van der Waals surface area contributed by atoms with Gasteiger partial charge in [0.25, 0.3) is 5.91 Å². The molecule has 0 bridgehead atoms. The van der Waals surface area contributed by atoms with Crippen LogP contribution in [0.4, 0.5) is 0 Å². The third kappa shape index (κ3) is 5.44. The van der Waals surface area contributed by atoms with Gasteiger partial charge >= 0.3 is 0 Å². The van der Waals surface area contributed by atoms with Gasteiger partial charge in [0.05, 0.1) is 6.54 Å². The Labute approximate surface area is 163 Å². The van der Waals surface area contributed by atoms with Crippen LogP contribution < -0.4 is 10.5 Å². The summed E-state index contributed by atoms with van der Waals surface area (Å²) in [6.07, 6.45) is 4.21. The van der Waals surface area contributed by atoms with Gasteiger partial charge in [0.2, 0.25) is 5.91 Å². The Hall–Kier alpha value is -2.60. The number of carbonyl (C=O) groups is 2. The molecule has 7 heteroatoms. The molecule has 2 N–H and O–H groups in total. The number of benzene rings is 1. The average molecular weight is 388 g/mol. The van der Waals surface area contributed by atoms with Crippen molar-refractivity contribution in [2.24, 2.45) is 5.73 Å². The van der Waals surface area contributed by atoms with Gasteiger partial charge in [-0.3, -0.25) is 14.6 Å². The summed E-state index contributed by atoms with van der Waals surface area (Å²) in [4.78, 5) is 29.6. The minimum atomic E-state index is -0.595. The van der Waals surface area contributed by atoms with Crippen LogP contribution in [0.1, 0.15) is 35.3 Å². The molecule has 3 rings (SSSR count). The number of likely N-dealkylation sites (tertiary alicyclic amines) is 1. The zero-order valence-electron chi connectivity index (χ0n) is 14.9. The summed E-state index contributed by atoms with van der Waals surface area (Å²) >= 11 is 5.99. The number of pyridine rings is 1. The number of hydrogen-bond donors (Lipinski definition) is 1. The normalized spacial score (nSPS) is 16.8. The zero-order valence-corrected chi connectivity index (χ0v) is 15.7. The molecular weight excluding hydrogens is 366 g/mol. The first kappa shape index (κ1) is 19.2. The van der Waals surface area contributed by atoms with E-state index in [2.05, 4.69) is 4.98 Å². The minimum Gasteiger partial charge on any atom is -0.488 e. The molecule has 0 spiro atoms. The van der Waals surface area contributed by atoms with E-state index in [1.54, 1.807) is 6.07 Å². The Morgan fingerprint density at radius 1 is 1.30 bits per heavy atom. The highest BCUT2D eigenvalue weighted by molar-refractivity contribution is 6.30. The summed E-state index contributed by atoms with van der Waals surface area (Å²) in [5.74, 6) is 0.0507. The lowest BCUT2D eigenvalue weighted by atomic mass is 10.1. The molecule has 0 aliphatic carbocycles. The van der Waals surface area contributed by atoms with E-state index in [0.717, 1.165) is 24.9 Å². The van der Waals surface area contributed by atoms with Crippen LogP contribution in [0.25, 0.3) is 0 Å². The zero-order chi connectivity index (χ0) is 19.2. The maximum atomic E-state index is 12.6. The number of carbonyl (C=O) groups excluding carboxylic acids is 2. The van der Waals surface area contributed by atoms with E-state index in [9.17, 15) is 9.59 Å². The van der Waals surface area contributed by atoms with Gasteiger partial charge in [-0.2, -0.15) is 0 Å². The number of ether oxygens (including phenoxy) is 1. The Morgan fingerprint density at radius 3 is 2.93 bits per heavy atom. The molecule has 1 fully saturated rings. The maximum absolute atomic E-state index is 12.6. The molecule has 1 aromatic carbocycles. The van der Waals surface area contributed by atoms with Crippen LogP contribution in [0.3, 0.4) is 0 Å². The van der Waals surface area contributed by atoms with Gasteiger partial charge in [-0.15, -0.1) is 0 Å². The molecule has 1 aliphatic rings. The van der Waals surface area contributed by atoms with Gasteiger partial charge in [-0.25, -0.2) is 0 Å². The van der Waals surface area contributed by atoms with E-state index in [1.807, 2.05) is 29.2 Å². The summed E-state index contributed by atoms with van der Waals surface area (Å²) in [5, 5.41) is 0.680. The van der Waals surface area contributed by atoms with E-state index in [0.29, 0.717) is 30.2 Å². The minimum absolute atomic E-state index is 0.107. The maximum Gasteiger partial charge on any atom is 0.267 e. The monoisotopic (exact) mass is 387 g/mol. The molecule has 1 aliphatic heterocycles. The quantitative estimate of drug-likeness (QED) is 0.825. The molecule has 1 unspecified atom stereocenters. The first-order chi connectivity index (χ1) is 13.0. The largest absolute Gasteiger partial charge is 0.488 e. The molecule has 27 heavy (non-hydrogen) atoms. The van der Waals surface area contributed by atoms with Gasteiger partial charge in [0, 0.05) is 30.3 Å². The first-order valence-corrected chi connectivity index (χ1v) is 9.34. The van der Waals surface area contributed by atoms with Crippen LogP contribution in [0.2, 0.25) is 5.02 Å². The third-order valence-electron chi connectivity index (χ3n) is 4.53. The van der Waals surface area contributed by atoms with E-state index in [-0.39, 0.29) is 17.7 Å². The van der Waals surface area contributed by atoms with Crippen LogP contribution >= 0.6 is 11.6 Å². The van der Waals surface area contributed by atoms with Crippen molar-refractivity contribution in [3.63, 3.8) is 0 Å². The van der Waals surface area contributed by atoms with Crippen molar-refractivity contribution in [1.82, 2.24) is 9.88 Å². The van der Waals surface area contributed by atoms with Crippen molar-refractivity contribution in [3.05, 3.63) is 58.9 Å². The predicted molar refractivity (Wildman–Crippen MR) is 103 cm³/mol. The Bertz CT molecular complexity index is 828. The molecule has 2 amide bonds. The number of aryl methyl sites for hydroxylation is 1. The van der Waals surface area contributed by atoms with Gasteiger partial charge in [0.1, 0.15) is 17.5 Å². The van der Waals surface area contributed by atoms with E-state index < -0.39 is 5.91 Å². The molecule has 0 radical (unpaired) electrons. The van der Waals surface area contributed by atoms with Crippen molar-refractivity contribution in [1.29, 1.82) is 0 Å². The van der Waals surface area contributed by atoms with E-state index >= 15 is 0 Å². The number of rotatable bonds is 6. The first-order valence-electron chi connectivity index (χ1n) is 8.96. The average Bonchev–Trinajstić information content (AvgIpc) is 2.66. The van der Waals surface area contributed by atoms with E-state index in [1.165, 1.54) is 12.3 Å². The summed E-state index contributed by atoms with van der Waals surface area (Å²) in [5.41, 5.74) is 6.47. The topological polar surface area (TPSA) is 85.5 Å². The number of amides is 2. The second kappa shape index (κ2) is 8.86. The van der Waals surface area contributed by atoms with Gasteiger partial charge in [-0.1, -0.05) is 23.7 Å². The second-order valence-corrected chi connectivity index (χ2v) is 7.03. The molecule has 0 saturated carbocycles. The number of aromatic nitrogens is 1. The number of nitrogens with zero attached hydrogens (tertiary/aromatic N) is 2. The van der Waals surface area contributed by atoms with Crippen molar-refractivity contribution >= 4 is 23.4 Å². The molecule has 1 saturated heterocycles. The summed E-state index contributed by atoms with van der Waals surface area (Å²) in [6.45, 7) is 1.26. The number of nitrogens with two attached hydrogens (primary N) is 1. The number of hydrogen-bond acceptors (Lipinski definition) is 4. The standard InChI is InChI=1S/C20H22ClN3O3/c21-15-4-1-3-14(11-15)6-7-19(25)24-10-2-5-17(13-24)27-16-8-9-23-18(12-16)20(22)26/h1,3-4,8-9,11-12,17H,2,5-7,10,13H2,(H2,22,26). The van der Waals surface area contributed by atoms with Crippen LogP contribution in [0.5, 0.6) is 5.75 Å². The lowest BCUT2D eigenvalue weighted by Gasteiger charge is -2.33. The fraction of sp³-hybridized carbons (Fsp3) is 0.350. The van der Waals surface area contributed by atoms with Gasteiger partial charge in [0.15, 0.2) is 0 Å². The summed E-state index contributed by atoms with van der Waals surface area (Å²) in [7, 11) is 0. The smallest absolute Gasteiger partial charge is 0.267 e. The highest BCUT2D eigenvalue weighted by Crippen LogP contribution is 2.20. The lowest BCUT2D eigenvalue weighted by molar-refractivity contribution is -0.133. The highest BCUT2D eigenvalue weighted by atomic mass is 35.5. The fourth-order valence-electron chi connectivity index (χ4n) is 3.17. The Kier molecular flexibility index (Phi) is 6.29. The molecule has 142 valence electrons. The second-order valence-electron chi connectivity index (χ2n) is 6.59. The van der Waals surface area contributed by atoms with E-state index in [4.69, 9.17) is 22.1 Å². The molecule has 1 atom stereocenters. The number of piperidine rings is 1. The van der Waals surface area contributed by atoms with Crippen molar-refractivity contribution in [2.45, 2.75) is 31.8 Å². The number of primary amides is 1. The van der Waals surface area contributed by atoms with Crippen LogP contribution in [0, 0.1) is 0 Å². The molecule has 1 aromatic heterocycles. The molecule has 2 aromatic rings. The summed E-state index contributed by atoms with van der Waals surface area (Å²) in [6, 6.07) is 10.8.